The monoisotopic (exact) mass is 315 g/mol. The van der Waals surface area contributed by atoms with Crippen LogP contribution in [0.2, 0.25) is 0 Å². The number of likely N-dealkylation sites (tertiary alicyclic amines) is 1. The predicted molar refractivity (Wildman–Crippen MR) is 81.6 cm³/mol. The van der Waals surface area contributed by atoms with Crippen LogP contribution in [0, 0.1) is 0 Å². The molecule has 0 bridgehead atoms. The number of nitrogens with zero attached hydrogens (tertiary/aromatic N) is 4. The molecule has 0 spiro atoms. The van der Waals surface area contributed by atoms with Gasteiger partial charge in [-0.15, -0.1) is 0 Å². The number of hydrogen-bond donors (Lipinski definition) is 1. The van der Waals surface area contributed by atoms with Gasteiger partial charge in [0, 0.05) is 24.7 Å². The number of rotatable bonds is 2. The largest absolute Gasteiger partial charge is 0.438 e. The average molecular weight is 315 g/mol. The zero-order chi connectivity index (χ0) is 15.1. The van der Waals surface area contributed by atoms with Crippen molar-refractivity contribution in [2.24, 2.45) is 0 Å². The molecule has 0 aliphatic carbocycles. The van der Waals surface area contributed by atoms with E-state index in [0.29, 0.717) is 23.9 Å². The first-order chi connectivity index (χ1) is 10.7. The van der Waals surface area contributed by atoms with Crippen molar-refractivity contribution in [3.05, 3.63) is 36.2 Å². The van der Waals surface area contributed by atoms with Crippen molar-refractivity contribution in [1.29, 1.82) is 0 Å². The third-order valence-corrected chi connectivity index (χ3v) is 4.67. The molecule has 1 saturated heterocycles. The van der Waals surface area contributed by atoms with Crippen molar-refractivity contribution >= 4 is 32.7 Å². The summed E-state index contributed by atoms with van der Waals surface area (Å²) in [6.45, 7) is 1.31. The lowest BCUT2D eigenvalue weighted by atomic mass is 10.0. The fourth-order valence-electron chi connectivity index (χ4n) is 2.74. The molecule has 0 aromatic carbocycles. The van der Waals surface area contributed by atoms with Crippen molar-refractivity contribution in [1.82, 2.24) is 19.9 Å². The summed E-state index contributed by atoms with van der Waals surface area (Å²) in [5.41, 5.74) is 7.34. The molecule has 8 heteroatoms. The molecule has 7 nitrogen and oxygen atoms in total. The summed E-state index contributed by atoms with van der Waals surface area (Å²) in [7, 11) is 0. The van der Waals surface area contributed by atoms with E-state index in [1.807, 2.05) is 12.1 Å². The quantitative estimate of drug-likeness (QED) is 0.775. The molecule has 1 fully saturated rings. The Bertz CT molecular complexity index is 829. The van der Waals surface area contributed by atoms with Gasteiger partial charge in [-0.25, -0.2) is 15.0 Å². The van der Waals surface area contributed by atoms with E-state index in [9.17, 15) is 4.79 Å². The lowest BCUT2D eigenvalue weighted by Gasteiger charge is -2.14. The lowest BCUT2D eigenvalue weighted by Crippen LogP contribution is -2.28. The van der Waals surface area contributed by atoms with E-state index in [0.717, 1.165) is 16.8 Å². The minimum absolute atomic E-state index is 0.126. The highest BCUT2D eigenvalue weighted by Crippen LogP contribution is 2.30. The van der Waals surface area contributed by atoms with Crippen LogP contribution < -0.4 is 5.73 Å². The molecular formula is C14H13N5O2S. The third kappa shape index (κ3) is 2.21. The van der Waals surface area contributed by atoms with E-state index in [2.05, 4.69) is 15.0 Å². The van der Waals surface area contributed by atoms with Crippen LogP contribution in [-0.4, -0.2) is 38.8 Å². The van der Waals surface area contributed by atoms with E-state index in [1.165, 1.54) is 23.9 Å². The fraction of sp³-hybridized carbons (Fsp3) is 0.286. The van der Waals surface area contributed by atoms with Gasteiger partial charge < -0.3 is 15.1 Å². The Morgan fingerprint density at radius 3 is 3.14 bits per heavy atom. The first-order valence-electron chi connectivity index (χ1n) is 6.91. The minimum atomic E-state index is -0.126. The van der Waals surface area contributed by atoms with E-state index >= 15 is 0 Å². The van der Waals surface area contributed by atoms with Crippen LogP contribution in [0.25, 0.3) is 10.3 Å². The first kappa shape index (κ1) is 13.2. The SMILES string of the molecule is Nc1nc2nc([C@@H]3CCN(C(=O)c4cnco4)C3)ccc2s1. The standard InChI is InChI=1S/C14H13N5O2S/c15-14-18-12-11(22-14)2-1-9(17-12)8-3-4-19(6-8)13(20)10-5-16-7-21-10/h1-2,5,7-8H,3-4,6H2,(H2,15,17,18)/t8-/m1/s1. The molecule has 0 unspecified atom stereocenters. The maximum absolute atomic E-state index is 12.2. The molecular weight excluding hydrogens is 302 g/mol. The molecule has 4 rings (SSSR count). The van der Waals surface area contributed by atoms with Gasteiger partial charge in [0.2, 0.25) is 5.76 Å². The number of amides is 1. The Labute approximate surface area is 129 Å². The second kappa shape index (κ2) is 5.06. The predicted octanol–water partition coefficient (Wildman–Crippen LogP) is 1.89. The Morgan fingerprint density at radius 1 is 1.41 bits per heavy atom. The van der Waals surface area contributed by atoms with Crippen molar-refractivity contribution in [3.63, 3.8) is 0 Å². The number of nitrogen functional groups attached to an aromatic ring is 1. The number of carbonyl (C=O) groups is 1. The lowest BCUT2D eigenvalue weighted by molar-refractivity contribution is 0.0759. The highest BCUT2D eigenvalue weighted by atomic mass is 32.1. The maximum Gasteiger partial charge on any atom is 0.291 e. The number of nitrogens with two attached hydrogens (primary N) is 1. The molecule has 0 radical (unpaired) electrons. The number of thiazole rings is 1. The van der Waals surface area contributed by atoms with Gasteiger partial charge in [0.05, 0.1) is 10.9 Å². The zero-order valence-corrected chi connectivity index (χ0v) is 12.4. The maximum atomic E-state index is 12.2. The van der Waals surface area contributed by atoms with Crippen molar-refractivity contribution in [2.75, 3.05) is 18.8 Å². The van der Waals surface area contributed by atoms with Gasteiger partial charge in [-0.3, -0.25) is 4.79 Å². The highest BCUT2D eigenvalue weighted by molar-refractivity contribution is 7.21. The van der Waals surface area contributed by atoms with Gasteiger partial charge in [0.25, 0.3) is 5.91 Å². The molecule has 1 aliphatic rings. The van der Waals surface area contributed by atoms with Crippen LogP contribution in [0.15, 0.2) is 29.1 Å². The summed E-state index contributed by atoms with van der Waals surface area (Å²) in [6.07, 6.45) is 3.58. The smallest absolute Gasteiger partial charge is 0.291 e. The first-order valence-corrected chi connectivity index (χ1v) is 7.73. The van der Waals surface area contributed by atoms with Crippen LogP contribution in [0.4, 0.5) is 5.13 Å². The molecule has 3 aromatic rings. The average Bonchev–Trinajstić information content (AvgIpc) is 3.25. The number of oxazole rings is 1. The van der Waals surface area contributed by atoms with E-state index in [1.54, 1.807) is 4.90 Å². The molecule has 4 heterocycles. The highest BCUT2D eigenvalue weighted by Gasteiger charge is 2.30. The third-order valence-electron chi connectivity index (χ3n) is 3.83. The Morgan fingerprint density at radius 2 is 2.32 bits per heavy atom. The van der Waals surface area contributed by atoms with Gasteiger partial charge in [-0.2, -0.15) is 0 Å². The van der Waals surface area contributed by atoms with Gasteiger partial charge in [0.15, 0.2) is 17.2 Å². The summed E-state index contributed by atoms with van der Waals surface area (Å²) in [4.78, 5) is 26.6. The topological polar surface area (TPSA) is 98.1 Å². The molecule has 1 atom stereocenters. The molecule has 112 valence electrons. The van der Waals surface area contributed by atoms with Crippen LogP contribution >= 0.6 is 11.3 Å². The van der Waals surface area contributed by atoms with Crippen LogP contribution in [-0.2, 0) is 0 Å². The van der Waals surface area contributed by atoms with E-state index in [4.69, 9.17) is 10.2 Å². The van der Waals surface area contributed by atoms with Gasteiger partial charge >= 0.3 is 0 Å². The number of fused-ring (bicyclic) bond motifs is 1. The summed E-state index contributed by atoms with van der Waals surface area (Å²) in [5.74, 6) is 0.356. The van der Waals surface area contributed by atoms with Crippen LogP contribution in [0.5, 0.6) is 0 Å². The Balaban J connectivity index is 1.55. The molecule has 2 N–H and O–H groups in total. The molecule has 3 aromatic heterocycles. The van der Waals surface area contributed by atoms with Crippen LogP contribution in [0.3, 0.4) is 0 Å². The Kier molecular flexibility index (Phi) is 3.04. The fourth-order valence-corrected chi connectivity index (χ4v) is 3.42. The number of hydrogen-bond acceptors (Lipinski definition) is 7. The molecule has 22 heavy (non-hydrogen) atoms. The summed E-state index contributed by atoms with van der Waals surface area (Å²) < 4.78 is 6.05. The van der Waals surface area contributed by atoms with E-state index < -0.39 is 0 Å². The molecule has 1 aliphatic heterocycles. The zero-order valence-electron chi connectivity index (χ0n) is 11.6. The van der Waals surface area contributed by atoms with Crippen molar-refractivity contribution in [2.45, 2.75) is 12.3 Å². The van der Waals surface area contributed by atoms with Gasteiger partial charge in [0.1, 0.15) is 0 Å². The summed E-state index contributed by atoms with van der Waals surface area (Å²) in [6, 6.07) is 3.99. The van der Waals surface area contributed by atoms with Gasteiger partial charge in [-0.05, 0) is 18.6 Å². The molecule has 0 saturated carbocycles. The van der Waals surface area contributed by atoms with Crippen molar-refractivity contribution < 1.29 is 9.21 Å². The summed E-state index contributed by atoms with van der Waals surface area (Å²) >= 11 is 1.43. The second-order valence-electron chi connectivity index (χ2n) is 5.21. The number of pyridine rings is 1. The van der Waals surface area contributed by atoms with Gasteiger partial charge in [-0.1, -0.05) is 11.3 Å². The number of anilines is 1. The van der Waals surface area contributed by atoms with Crippen LogP contribution in [0.1, 0.15) is 28.6 Å². The Hall–Kier alpha value is -2.48. The summed E-state index contributed by atoms with van der Waals surface area (Å²) in [5, 5.41) is 0.521. The minimum Gasteiger partial charge on any atom is -0.438 e. The van der Waals surface area contributed by atoms with E-state index in [-0.39, 0.29) is 17.6 Å². The second-order valence-corrected chi connectivity index (χ2v) is 6.27. The molecule has 1 amide bonds. The normalized spacial score (nSPS) is 18.2. The van der Waals surface area contributed by atoms with Crippen molar-refractivity contribution in [3.8, 4) is 0 Å². The number of carbonyl (C=O) groups excluding carboxylic acids is 1. The number of aromatic nitrogens is 3.